The van der Waals surface area contributed by atoms with Crippen LogP contribution >= 0.6 is 0 Å². The molecule has 0 bridgehead atoms. The van der Waals surface area contributed by atoms with Crippen molar-refractivity contribution in [3.63, 3.8) is 0 Å². The van der Waals surface area contributed by atoms with Gasteiger partial charge in [0.25, 0.3) is 15.9 Å². The highest BCUT2D eigenvalue weighted by atomic mass is 32.2. The van der Waals surface area contributed by atoms with Crippen molar-refractivity contribution < 1.29 is 32.3 Å². The van der Waals surface area contributed by atoms with Crippen LogP contribution in [-0.2, 0) is 25.0 Å². The molecule has 1 aliphatic carbocycles. The van der Waals surface area contributed by atoms with Crippen LogP contribution in [0.4, 0.5) is 16.2 Å². The quantitative estimate of drug-likeness (QED) is 0.532. The number of ketones is 1. The minimum Gasteiger partial charge on any atom is -0.495 e. The molecule has 204 valence electrons. The van der Waals surface area contributed by atoms with Crippen molar-refractivity contribution in [3.8, 4) is 11.5 Å². The molecule has 3 amide bonds. The summed E-state index contributed by atoms with van der Waals surface area (Å²) in [6.45, 7) is 6.99. The van der Waals surface area contributed by atoms with E-state index in [1.54, 1.807) is 23.1 Å². The molecule has 2 aliphatic rings. The first kappa shape index (κ1) is 27.4. The minimum absolute atomic E-state index is 0.0117. The number of methoxy groups -OCH3 is 1. The number of carbonyl (C=O) groups is 3. The highest BCUT2D eigenvalue weighted by molar-refractivity contribution is 7.93. The van der Waals surface area contributed by atoms with E-state index >= 15 is 0 Å². The fourth-order valence-electron chi connectivity index (χ4n) is 5.20. The number of nitrogens with one attached hydrogen (secondary N) is 1. The third-order valence-electron chi connectivity index (χ3n) is 7.25. The van der Waals surface area contributed by atoms with Crippen LogP contribution in [0.2, 0.25) is 0 Å². The van der Waals surface area contributed by atoms with Crippen molar-refractivity contribution in [2.24, 2.45) is 0 Å². The molecule has 0 unspecified atom stereocenters. The summed E-state index contributed by atoms with van der Waals surface area (Å²) in [6, 6.07) is 8.80. The molecule has 4 rings (SSSR count). The van der Waals surface area contributed by atoms with Crippen molar-refractivity contribution in [1.29, 1.82) is 0 Å². The molecule has 1 saturated carbocycles. The van der Waals surface area contributed by atoms with E-state index in [4.69, 9.17) is 9.47 Å². The monoisotopic (exact) mass is 543 g/mol. The van der Waals surface area contributed by atoms with Crippen LogP contribution in [0.1, 0.15) is 52.0 Å². The Bertz CT molecular complexity index is 1360. The molecule has 1 spiro atoms. The smallest absolute Gasteiger partial charge is 0.321 e. The van der Waals surface area contributed by atoms with E-state index in [2.05, 4.69) is 5.32 Å². The highest BCUT2D eigenvalue weighted by Gasteiger charge is 2.56. The number of ether oxygens (including phenoxy) is 2. The van der Waals surface area contributed by atoms with Gasteiger partial charge in [-0.1, -0.05) is 0 Å². The Morgan fingerprint density at radius 3 is 2.34 bits per heavy atom. The molecule has 11 heteroatoms. The predicted octanol–water partition coefficient (Wildman–Crippen LogP) is 4.08. The van der Waals surface area contributed by atoms with Gasteiger partial charge in [0.1, 0.15) is 22.2 Å². The first-order chi connectivity index (χ1) is 18.1. The van der Waals surface area contributed by atoms with Gasteiger partial charge in [-0.05, 0) is 69.5 Å². The number of carbonyl (C=O) groups excluding carboxylic acids is 3. The molecular formula is C27H33N3O7S. The highest BCUT2D eigenvalue weighted by Crippen LogP contribution is 2.52. The van der Waals surface area contributed by atoms with Crippen molar-refractivity contribution in [3.05, 3.63) is 42.0 Å². The van der Waals surface area contributed by atoms with Gasteiger partial charge in [-0.25, -0.2) is 17.5 Å². The average molecular weight is 544 g/mol. The third-order valence-corrected chi connectivity index (χ3v) is 8.99. The molecule has 0 atom stereocenters. The number of rotatable bonds is 8. The van der Waals surface area contributed by atoms with Gasteiger partial charge in [0.15, 0.2) is 0 Å². The molecule has 1 aliphatic heterocycles. The van der Waals surface area contributed by atoms with E-state index < -0.39 is 21.3 Å². The van der Waals surface area contributed by atoms with Crippen molar-refractivity contribution in [1.82, 2.24) is 4.90 Å². The van der Waals surface area contributed by atoms with Crippen LogP contribution in [0.15, 0.2) is 41.3 Å². The molecule has 0 saturated heterocycles. The summed E-state index contributed by atoms with van der Waals surface area (Å²) in [7, 11) is -3.09. The van der Waals surface area contributed by atoms with Crippen LogP contribution in [0.5, 0.6) is 11.5 Å². The van der Waals surface area contributed by atoms with Gasteiger partial charge in [-0.15, -0.1) is 0 Å². The lowest BCUT2D eigenvalue weighted by atomic mass is 9.70. The number of hydrogen-bond acceptors (Lipinski definition) is 7. The lowest BCUT2D eigenvalue weighted by Crippen LogP contribution is -2.45. The van der Waals surface area contributed by atoms with E-state index in [-0.39, 0.29) is 53.8 Å². The Labute approximate surface area is 222 Å². The van der Waals surface area contributed by atoms with Gasteiger partial charge in [0, 0.05) is 37.7 Å². The largest absolute Gasteiger partial charge is 0.495 e. The number of fused-ring (bicyclic) bond motifs is 2. The summed E-state index contributed by atoms with van der Waals surface area (Å²) < 4.78 is 40.0. The predicted molar refractivity (Wildman–Crippen MR) is 142 cm³/mol. The van der Waals surface area contributed by atoms with Gasteiger partial charge >= 0.3 is 6.03 Å². The fraction of sp³-hybridized carbons (Fsp3) is 0.444. The van der Waals surface area contributed by atoms with Crippen molar-refractivity contribution >= 4 is 39.1 Å². The molecule has 1 N–H and O–H groups in total. The number of hydrogen-bond donors (Lipinski definition) is 1. The van der Waals surface area contributed by atoms with Crippen molar-refractivity contribution in [2.75, 3.05) is 36.4 Å². The number of urea groups is 1. The van der Waals surface area contributed by atoms with Crippen molar-refractivity contribution in [2.45, 2.75) is 56.8 Å². The fourth-order valence-corrected chi connectivity index (χ4v) is 6.84. The zero-order chi connectivity index (χ0) is 27.7. The van der Waals surface area contributed by atoms with E-state index in [1.165, 1.54) is 25.3 Å². The Balaban J connectivity index is 1.77. The molecule has 2 aromatic carbocycles. The number of anilines is 2. The normalized spacial score (nSPS) is 16.4. The lowest BCUT2D eigenvalue weighted by molar-refractivity contribution is -0.127. The van der Waals surface area contributed by atoms with E-state index in [0.717, 1.165) is 4.31 Å². The first-order valence-corrected chi connectivity index (χ1v) is 14.2. The summed E-state index contributed by atoms with van der Waals surface area (Å²) in [4.78, 5) is 39.9. The number of amides is 3. The van der Waals surface area contributed by atoms with Gasteiger partial charge < -0.3 is 19.7 Å². The average Bonchev–Trinajstić information content (AvgIpc) is 3.14. The van der Waals surface area contributed by atoms with Crippen LogP contribution in [0, 0.1) is 0 Å². The van der Waals surface area contributed by atoms with E-state index in [1.807, 2.05) is 20.8 Å². The number of Topliss-reactive ketones (excluding diaryl/α,β-unsaturated/α-hetero) is 1. The van der Waals surface area contributed by atoms with Gasteiger partial charge in [-0.3, -0.25) is 9.59 Å². The summed E-state index contributed by atoms with van der Waals surface area (Å²) in [5.41, 5.74) is 0.0174. The zero-order valence-corrected chi connectivity index (χ0v) is 22.9. The zero-order valence-electron chi connectivity index (χ0n) is 22.1. The molecule has 1 fully saturated rings. The molecule has 1 heterocycles. The first-order valence-electron chi connectivity index (χ1n) is 12.8. The summed E-state index contributed by atoms with van der Waals surface area (Å²) in [6.07, 6.45) is 0.851. The maximum atomic E-state index is 14.1. The second-order valence-electron chi connectivity index (χ2n) is 9.28. The van der Waals surface area contributed by atoms with Crippen LogP contribution < -0.4 is 19.1 Å². The second kappa shape index (κ2) is 10.6. The maximum Gasteiger partial charge on any atom is 0.321 e. The minimum atomic E-state index is -4.42. The summed E-state index contributed by atoms with van der Waals surface area (Å²) >= 11 is 0. The second-order valence-corrected chi connectivity index (χ2v) is 11.0. The number of sulfonamides is 1. The summed E-state index contributed by atoms with van der Waals surface area (Å²) in [5.74, 6) is -0.0197. The third kappa shape index (κ3) is 4.59. The van der Waals surface area contributed by atoms with Crippen LogP contribution in [-0.4, -0.2) is 57.8 Å². The Hall–Kier alpha value is -3.60. The van der Waals surface area contributed by atoms with Gasteiger partial charge in [-0.2, -0.15) is 0 Å². The van der Waals surface area contributed by atoms with Gasteiger partial charge in [0.2, 0.25) is 0 Å². The molecule has 0 aromatic heterocycles. The molecular weight excluding hydrogens is 510 g/mol. The molecule has 2 aromatic rings. The van der Waals surface area contributed by atoms with Crippen LogP contribution in [0.25, 0.3) is 0 Å². The standard InChI is InChI=1S/C27H33N3O7S/c1-5-29(6-2)26(33)28-18-8-11-24(23(16-18)36-4)38(34,35)30-22-10-9-20(37-7-3)17-21(22)27(25(30)32)14-12-19(31)13-15-27/h8-11,16-17H,5-7,12-15H2,1-4H3,(H,28,33). The topological polar surface area (TPSA) is 122 Å². The van der Waals surface area contributed by atoms with Gasteiger partial charge in [0.05, 0.1) is 24.8 Å². The Kier molecular flexibility index (Phi) is 7.68. The molecule has 38 heavy (non-hydrogen) atoms. The number of nitrogens with zero attached hydrogens (tertiary/aromatic N) is 2. The SMILES string of the molecule is CCOc1ccc2c(c1)C1(CCC(=O)CC1)C(=O)N2S(=O)(=O)c1ccc(NC(=O)N(CC)CC)cc1OC. The van der Waals surface area contributed by atoms with Crippen LogP contribution in [0.3, 0.4) is 0 Å². The van der Waals surface area contributed by atoms with E-state index in [9.17, 15) is 22.8 Å². The van der Waals surface area contributed by atoms with E-state index in [0.29, 0.717) is 36.7 Å². The molecule has 0 radical (unpaired) electrons. The lowest BCUT2D eigenvalue weighted by Gasteiger charge is -2.31. The Morgan fingerprint density at radius 2 is 1.74 bits per heavy atom. The summed E-state index contributed by atoms with van der Waals surface area (Å²) in [5, 5.41) is 2.75. The maximum absolute atomic E-state index is 14.1. The number of benzene rings is 2. The molecule has 10 nitrogen and oxygen atoms in total. The Morgan fingerprint density at radius 1 is 1.05 bits per heavy atom.